The lowest BCUT2D eigenvalue weighted by atomic mass is 9.97. The van der Waals surface area contributed by atoms with E-state index in [1.54, 1.807) is 12.3 Å². The molecule has 1 aliphatic heterocycles. The molecule has 1 saturated heterocycles. The molecule has 0 spiro atoms. The number of carbonyl (C=O) groups is 1. The summed E-state index contributed by atoms with van der Waals surface area (Å²) in [5.74, 6) is -2.00. The molecule has 0 saturated carbocycles. The van der Waals surface area contributed by atoms with Crippen LogP contribution in [0.2, 0.25) is 0 Å². The zero-order chi connectivity index (χ0) is 31.5. The predicted octanol–water partition coefficient (Wildman–Crippen LogP) is 3.47. The molecule has 1 atom stereocenters. The summed E-state index contributed by atoms with van der Waals surface area (Å²) >= 11 is 0. The largest absolute Gasteiger partial charge is 0.476 e. The van der Waals surface area contributed by atoms with Gasteiger partial charge < -0.3 is 9.64 Å². The van der Waals surface area contributed by atoms with Crippen LogP contribution in [-0.2, 0) is 10.0 Å². The first kappa shape index (κ1) is 20.6. The first-order valence-corrected chi connectivity index (χ1v) is 13.2. The van der Waals surface area contributed by atoms with Crippen molar-refractivity contribution in [3.8, 4) is 11.7 Å². The van der Waals surface area contributed by atoms with Gasteiger partial charge in [-0.05, 0) is 50.6 Å². The Labute approximate surface area is 224 Å². The summed E-state index contributed by atoms with van der Waals surface area (Å²) in [7, 11) is -4.34. The van der Waals surface area contributed by atoms with Crippen molar-refractivity contribution in [3.63, 3.8) is 0 Å². The van der Waals surface area contributed by atoms with E-state index in [0.29, 0.717) is 12.5 Å². The summed E-state index contributed by atoms with van der Waals surface area (Å²) < 4.78 is 76.6. The predicted molar refractivity (Wildman–Crippen MR) is 139 cm³/mol. The highest BCUT2D eigenvalue weighted by Gasteiger charge is 2.39. The van der Waals surface area contributed by atoms with E-state index < -0.39 is 40.6 Å². The smallest absolute Gasteiger partial charge is 0.268 e. The molecule has 4 rings (SSSR count). The van der Waals surface area contributed by atoms with Crippen molar-refractivity contribution >= 4 is 21.7 Å². The van der Waals surface area contributed by atoms with Crippen molar-refractivity contribution in [1.82, 2.24) is 29.7 Å². The minimum Gasteiger partial charge on any atom is -0.476 e. The maximum atomic E-state index is 13.5. The topological polar surface area (TPSA) is 135 Å². The van der Waals surface area contributed by atoms with Gasteiger partial charge in [0.2, 0.25) is 5.88 Å². The molecule has 3 aromatic heterocycles. The molecular formula is C25H35N7O4S. The van der Waals surface area contributed by atoms with Crippen molar-refractivity contribution in [1.29, 1.82) is 0 Å². The lowest BCUT2D eigenvalue weighted by Crippen LogP contribution is -2.41. The molecule has 1 fully saturated rings. The molecule has 0 aromatic carbocycles. The van der Waals surface area contributed by atoms with Gasteiger partial charge in [0.1, 0.15) is 10.7 Å². The third-order valence-corrected chi connectivity index (χ3v) is 7.13. The average molecular weight is 535 g/mol. The number of aromatic amines is 1. The third kappa shape index (κ3) is 5.79. The van der Waals surface area contributed by atoms with Crippen LogP contribution in [0.25, 0.3) is 5.82 Å². The number of hydrogen-bond donors (Lipinski definition) is 2. The lowest BCUT2D eigenvalue weighted by molar-refractivity contribution is 0.0981. The van der Waals surface area contributed by atoms with Crippen LogP contribution in [0, 0.1) is 18.3 Å². The number of rotatable bonds is 7. The summed E-state index contributed by atoms with van der Waals surface area (Å²) in [5, 5.41) is 10.6. The molecule has 1 aliphatic rings. The van der Waals surface area contributed by atoms with E-state index in [2.05, 4.69) is 20.3 Å². The van der Waals surface area contributed by atoms with Gasteiger partial charge >= 0.3 is 0 Å². The van der Waals surface area contributed by atoms with Crippen LogP contribution in [0.4, 0.5) is 5.82 Å². The van der Waals surface area contributed by atoms with Gasteiger partial charge in [-0.15, -0.1) is 5.10 Å². The monoisotopic (exact) mass is 534 g/mol. The van der Waals surface area contributed by atoms with Gasteiger partial charge in [-0.25, -0.2) is 22.8 Å². The van der Waals surface area contributed by atoms with Gasteiger partial charge in [-0.1, -0.05) is 27.6 Å². The summed E-state index contributed by atoms with van der Waals surface area (Å²) in [6.07, 6.45) is 0.433. The Bertz CT molecular complexity index is 1590. The fraction of sp³-hybridized carbons (Fsp3) is 0.520. The van der Waals surface area contributed by atoms with Crippen LogP contribution >= 0.6 is 0 Å². The van der Waals surface area contributed by atoms with Crippen LogP contribution in [-0.4, -0.2) is 58.0 Å². The van der Waals surface area contributed by atoms with Gasteiger partial charge in [0, 0.05) is 31.2 Å². The Kier molecular flexibility index (Phi) is 5.28. The van der Waals surface area contributed by atoms with E-state index >= 15 is 0 Å². The molecule has 0 unspecified atom stereocenters. The molecule has 0 radical (unpaired) electrons. The number of nitrogens with zero attached hydrogens (tertiary/aromatic N) is 5. The number of pyridine rings is 1. The fourth-order valence-electron chi connectivity index (χ4n) is 3.91. The first-order valence-electron chi connectivity index (χ1n) is 14.2. The zero-order valence-electron chi connectivity index (χ0n) is 26.7. The molecular weight excluding hydrogens is 494 g/mol. The molecule has 0 aliphatic carbocycles. The standard InChI is InChI=1S/C25H35N7O4S/c1-16-12-25(6,7)31(14-16)22-18(23(33)30-37(34,35)19-13-26-28-17(19)2)8-9-20(27-22)32-11-10-21(29-32)36-15-24(3,4)5/h8-11,13,16H,12,14-15H2,1-7H3,(H,26,28)(H,30,33)/t16-/m0/s1/i1D3,12D2. The minimum atomic E-state index is -4.34. The van der Waals surface area contributed by atoms with Crippen LogP contribution in [0.15, 0.2) is 35.5 Å². The van der Waals surface area contributed by atoms with Gasteiger partial charge in [0.15, 0.2) is 5.82 Å². The zero-order valence-corrected chi connectivity index (χ0v) is 22.5. The summed E-state index contributed by atoms with van der Waals surface area (Å²) in [4.78, 5) is 19.3. The molecule has 3 aromatic rings. The van der Waals surface area contributed by atoms with Crippen molar-refractivity contribution in [3.05, 3.63) is 41.9 Å². The van der Waals surface area contributed by atoms with Gasteiger partial charge in [-0.3, -0.25) is 9.89 Å². The quantitative estimate of drug-likeness (QED) is 0.470. The number of carbonyl (C=O) groups excluding carboxylic acids is 1. The van der Waals surface area contributed by atoms with Crippen molar-refractivity contribution < 1.29 is 24.8 Å². The second-order valence-corrected chi connectivity index (χ2v) is 12.3. The average Bonchev–Trinajstić information content (AvgIpc) is 3.54. The number of hydrogen-bond acceptors (Lipinski definition) is 8. The number of sulfonamides is 1. The molecule has 12 heteroatoms. The van der Waals surface area contributed by atoms with Crippen molar-refractivity contribution in [2.45, 2.75) is 65.2 Å². The van der Waals surface area contributed by atoms with Crippen LogP contribution in [0.3, 0.4) is 0 Å². The van der Waals surface area contributed by atoms with E-state index in [0.717, 1.165) is 6.20 Å². The van der Waals surface area contributed by atoms with Gasteiger partial charge in [0.25, 0.3) is 15.9 Å². The van der Waals surface area contributed by atoms with Gasteiger partial charge in [-0.2, -0.15) is 5.10 Å². The van der Waals surface area contributed by atoms with Crippen molar-refractivity contribution in [2.24, 2.45) is 11.3 Å². The third-order valence-electron chi connectivity index (χ3n) is 5.68. The molecule has 200 valence electrons. The number of anilines is 1. The molecule has 2 N–H and O–H groups in total. The number of ether oxygens (including phenoxy) is 1. The number of H-pyrrole nitrogens is 1. The van der Waals surface area contributed by atoms with E-state index in [1.165, 1.54) is 42.5 Å². The van der Waals surface area contributed by atoms with E-state index in [1.807, 2.05) is 25.5 Å². The number of nitrogens with one attached hydrogen (secondary N) is 2. The molecule has 11 nitrogen and oxygen atoms in total. The molecule has 37 heavy (non-hydrogen) atoms. The lowest BCUT2D eigenvalue weighted by Gasteiger charge is -2.34. The van der Waals surface area contributed by atoms with Crippen LogP contribution in [0.5, 0.6) is 5.88 Å². The highest BCUT2D eigenvalue weighted by Crippen LogP contribution is 2.37. The Morgan fingerprint density at radius 3 is 2.73 bits per heavy atom. The van der Waals surface area contributed by atoms with Crippen LogP contribution < -0.4 is 14.4 Å². The van der Waals surface area contributed by atoms with E-state index in [9.17, 15) is 13.2 Å². The van der Waals surface area contributed by atoms with Gasteiger partial charge in [0.05, 0.1) is 24.1 Å². The highest BCUT2D eigenvalue weighted by molar-refractivity contribution is 7.90. The van der Waals surface area contributed by atoms with E-state index in [-0.39, 0.29) is 39.7 Å². The molecule has 4 heterocycles. The Morgan fingerprint density at radius 1 is 1.35 bits per heavy atom. The van der Waals surface area contributed by atoms with Crippen molar-refractivity contribution in [2.75, 3.05) is 18.1 Å². The van der Waals surface area contributed by atoms with E-state index in [4.69, 9.17) is 11.6 Å². The second kappa shape index (κ2) is 9.47. The highest BCUT2D eigenvalue weighted by atomic mass is 32.2. The summed E-state index contributed by atoms with van der Waals surface area (Å²) in [6, 6.07) is 4.43. The normalized spacial score (nSPS) is 21.4. The molecule has 1 amide bonds. The number of aromatic nitrogens is 5. The number of amides is 1. The summed E-state index contributed by atoms with van der Waals surface area (Å²) in [6.45, 7) is 8.01. The number of aryl methyl sites for hydroxylation is 1. The Hall–Kier alpha value is -3.41. The SMILES string of the molecule is [2H]C([2H])([2H])[C@@H]1CN(c2nc(-n3ccc(OCC(C)(C)C)n3)ccc2C(=O)NS(=O)(=O)c2cn[nH]c2C)C(C)(C)C1([2H])[2H]. The Morgan fingerprint density at radius 2 is 2.11 bits per heavy atom. The van der Waals surface area contributed by atoms with Crippen LogP contribution in [0.1, 0.15) is 70.7 Å². The fourth-order valence-corrected chi connectivity index (χ4v) is 5.01. The molecule has 0 bridgehead atoms. The Balaban J connectivity index is 1.80. The maximum Gasteiger partial charge on any atom is 0.268 e. The first-order chi connectivity index (χ1) is 19.1. The second-order valence-electron chi connectivity index (χ2n) is 10.6. The summed E-state index contributed by atoms with van der Waals surface area (Å²) in [5.41, 5.74) is -1.55. The maximum absolute atomic E-state index is 13.5. The minimum absolute atomic E-state index is 0.0996.